The van der Waals surface area contributed by atoms with Gasteiger partial charge in [-0.3, -0.25) is 9.80 Å². The van der Waals surface area contributed by atoms with E-state index in [4.69, 9.17) is 9.47 Å². The lowest BCUT2D eigenvalue weighted by molar-refractivity contribution is -0.0712. The fourth-order valence-corrected chi connectivity index (χ4v) is 4.60. The molecule has 3 saturated heterocycles. The summed E-state index contributed by atoms with van der Waals surface area (Å²) in [6, 6.07) is 7.49. The van der Waals surface area contributed by atoms with Crippen LogP contribution in [0.5, 0.6) is 0 Å². The Bertz CT molecular complexity index is 748. The van der Waals surface area contributed by atoms with Gasteiger partial charge in [0.25, 0.3) is 0 Å². The van der Waals surface area contributed by atoms with E-state index >= 15 is 0 Å². The van der Waals surface area contributed by atoms with E-state index in [0.29, 0.717) is 18.8 Å². The molecule has 4 rings (SSSR count). The number of benzene rings is 1. The smallest absolute Gasteiger partial charge is 0.414 e. The van der Waals surface area contributed by atoms with Crippen molar-refractivity contribution < 1.29 is 19.1 Å². The van der Waals surface area contributed by atoms with Crippen LogP contribution in [-0.2, 0) is 9.47 Å². The predicted molar refractivity (Wildman–Crippen MR) is 110 cm³/mol. The summed E-state index contributed by atoms with van der Waals surface area (Å²) < 4.78 is 10.8. The van der Waals surface area contributed by atoms with Gasteiger partial charge in [0.15, 0.2) is 0 Å². The van der Waals surface area contributed by atoms with Crippen molar-refractivity contribution in [2.75, 3.05) is 49.5 Å². The number of cyclic esters (lactones) is 1. The summed E-state index contributed by atoms with van der Waals surface area (Å²) in [5.74, 6) is 0. The van der Waals surface area contributed by atoms with E-state index in [-0.39, 0.29) is 30.4 Å². The second-order valence-corrected chi connectivity index (χ2v) is 8.21. The number of likely N-dealkylation sites (tertiary alicyclic amines) is 1. The maximum Gasteiger partial charge on any atom is 0.414 e. The summed E-state index contributed by atoms with van der Waals surface area (Å²) in [5.41, 5.74) is 1.42. The molecule has 1 aromatic carbocycles. The van der Waals surface area contributed by atoms with Crippen molar-refractivity contribution in [2.24, 2.45) is 0 Å². The lowest BCUT2D eigenvalue weighted by Crippen LogP contribution is -2.51. The normalized spacial score (nSPS) is 27.9. The van der Waals surface area contributed by atoms with Crippen LogP contribution in [0.3, 0.4) is 0 Å². The molecular weight excluding hydrogens is 372 g/mol. The van der Waals surface area contributed by atoms with Gasteiger partial charge in [0.05, 0.1) is 18.8 Å². The number of morpholine rings is 1. The monoisotopic (exact) mass is 402 g/mol. The molecule has 8 heteroatoms. The molecule has 1 N–H and O–H groups in total. The zero-order chi connectivity index (χ0) is 20.4. The molecular formula is C21H30N4O4. The molecule has 0 saturated carbocycles. The molecule has 3 heterocycles. The van der Waals surface area contributed by atoms with E-state index in [1.165, 1.54) is 0 Å². The van der Waals surface area contributed by atoms with Crippen molar-refractivity contribution in [3.8, 4) is 0 Å². The number of carbonyl (C=O) groups is 2. The van der Waals surface area contributed by atoms with Crippen LogP contribution in [0.4, 0.5) is 21.0 Å². The third-order valence-corrected chi connectivity index (χ3v) is 5.77. The summed E-state index contributed by atoms with van der Waals surface area (Å²) in [5, 5.41) is 3.01. The maximum absolute atomic E-state index is 13.0. The number of nitrogens with zero attached hydrogens (tertiary/aromatic N) is 3. The van der Waals surface area contributed by atoms with Crippen LogP contribution in [-0.4, -0.2) is 79.5 Å². The average Bonchev–Trinajstić information content (AvgIpc) is 3.30. The lowest BCUT2D eigenvalue weighted by atomic mass is 10.1. The second kappa shape index (κ2) is 8.59. The molecule has 3 atom stereocenters. The lowest BCUT2D eigenvalue weighted by Gasteiger charge is -2.38. The Labute approximate surface area is 171 Å². The molecule has 3 fully saturated rings. The summed E-state index contributed by atoms with van der Waals surface area (Å²) in [4.78, 5) is 30.7. The molecule has 8 nitrogen and oxygen atoms in total. The van der Waals surface area contributed by atoms with Crippen LogP contribution in [0.1, 0.15) is 26.7 Å². The van der Waals surface area contributed by atoms with E-state index in [9.17, 15) is 9.59 Å². The number of urea groups is 1. The first kappa shape index (κ1) is 20.0. The number of hydrogen-bond donors (Lipinski definition) is 1. The molecule has 3 unspecified atom stereocenters. The highest BCUT2D eigenvalue weighted by Gasteiger charge is 2.32. The number of rotatable bonds is 4. The van der Waals surface area contributed by atoms with Crippen molar-refractivity contribution in [2.45, 2.75) is 44.9 Å². The summed E-state index contributed by atoms with van der Waals surface area (Å²) in [6.07, 6.45) is 2.15. The van der Waals surface area contributed by atoms with E-state index in [1.54, 1.807) is 4.90 Å². The van der Waals surface area contributed by atoms with E-state index < -0.39 is 0 Å². The third-order valence-electron chi connectivity index (χ3n) is 5.77. The maximum atomic E-state index is 13.0. The molecule has 3 aliphatic rings. The van der Waals surface area contributed by atoms with Gasteiger partial charge in [0, 0.05) is 43.6 Å². The Morgan fingerprint density at radius 1 is 1.21 bits per heavy atom. The highest BCUT2D eigenvalue weighted by atomic mass is 16.6. The van der Waals surface area contributed by atoms with E-state index in [0.717, 1.165) is 44.7 Å². The van der Waals surface area contributed by atoms with Crippen molar-refractivity contribution in [3.63, 3.8) is 0 Å². The Morgan fingerprint density at radius 3 is 2.72 bits per heavy atom. The minimum atomic E-state index is -0.345. The number of ether oxygens (including phenoxy) is 2. The van der Waals surface area contributed by atoms with Gasteiger partial charge in [0.1, 0.15) is 6.61 Å². The van der Waals surface area contributed by atoms with Crippen LogP contribution < -0.4 is 10.2 Å². The Hall–Kier alpha value is -2.32. The topological polar surface area (TPSA) is 74.4 Å². The predicted octanol–water partition coefficient (Wildman–Crippen LogP) is 2.75. The zero-order valence-corrected chi connectivity index (χ0v) is 17.2. The van der Waals surface area contributed by atoms with E-state index in [1.807, 2.05) is 29.2 Å². The molecule has 0 radical (unpaired) electrons. The zero-order valence-electron chi connectivity index (χ0n) is 17.2. The number of carbonyl (C=O) groups excluding carboxylic acids is 2. The minimum Gasteiger partial charge on any atom is -0.447 e. The van der Waals surface area contributed by atoms with Gasteiger partial charge in [-0.1, -0.05) is 6.07 Å². The molecule has 29 heavy (non-hydrogen) atoms. The molecule has 0 aromatic heterocycles. The average molecular weight is 402 g/mol. The number of nitrogens with one attached hydrogen (secondary N) is 1. The van der Waals surface area contributed by atoms with Crippen molar-refractivity contribution in [1.29, 1.82) is 0 Å². The standard InChI is InChI=1S/C21H30N4O4/c1-15-12-23(13-16(2)29-15)14-19-7-4-8-24(19)20(26)22-17-5-3-6-18(11-17)25-9-10-28-21(25)27/h3,5-6,11,15-16,19H,4,7-10,12-14H2,1-2H3,(H,22,26). The van der Waals surface area contributed by atoms with Gasteiger partial charge in [0.2, 0.25) is 0 Å². The van der Waals surface area contributed by atoms with Crippen molar-refractivity contribution in [1.82, 2.24) is 9.80 Å². The summed E-state index contributed by atoms with van der Waals surface area (Å²) >= 11 is 0. The number of hydrogen-bond acceptors (Lipinski definition) is 5. The first-order valence-corrected chi connectivity index (χ1v) is 10.5. The highest BCUT2D eigenvalue weighted by Crippen LogP contribution is 2.25. The number of amides is 3. The Morgan fingerprint density at radius 2 is 2.00 bits per heavy atom. The van der Waals surface area contributed by atoms with E-state index in [2.05, 4.69) is 24.1 Å². The molecule has 3 amide bonds. The molecule has 158 valence electrons. The van der Waals surface area contributed by atoms with Gasteiger partial charge < -0.3 is 19.7 Å². The van der Waals surface area contributed by atoms with Gasteiger partial charge in [-0.05, 0) is 44.9 Å². The quantitative estimate of drug-likeness (QED) is 0.838. The molecule has 0 aliphatic carbocycles. The number of anilines is 2. The van der Waals surface area contributed by atoms with Gasteiger partial charge in [-0.25, -0.2) is 9.59 Å². The van der Waals surface area contributed by atoms with Gasteiger partial charge >= 0.3 is 12.1 Å². The molecule has 1 aromatic rings. The minimum absolute atomic E-state index is 0.0806. The van der Waals surface area contributed by atoms with Crippen molar-refractivity contribution >= 4 is 23.5 Å². The first-order chi connectivity index (χ1) is 14.0. The Balaban J connectivity index is 1.38. The van der Waals surface area contributed by atoms with Gasteiger partial charge in [-0.2, -0.15) is 0 Å². The fraction of sp³-hybridized carbons (Fsp3) is 0.619. The van der Waals surface area contributed by atoms with Crippen molar-refractivity contribution in [3.05, 3.63) is 24.3 Å². The van der Waals surface area contributed by atoms with Crippen LogP contribution in [0.2, 0.25) is 0 Å². The molecule has 0 bridgehead atoms. The third kappa shape index (κ3) is 4.64. The fourth-order valence-electron chi connectivity index (χ4n) is 4.60. The van der Waals surface area contributed by atoms with Crippen LogP contribution >= 0.6 is 0 Å². The highest BCUT2D eigenvalue weighted by molar-refractivity contribution is 5.93. The van der Waals surface area contributed by atoms with Gasteiger partial charge in [-0.15, -0.1) is 0 Å². The van der Waals surface area contributed by atoms with Crippen LogP contribution in [0.15, 0.2) is 24.3 Å². The largest absolute Gasteiger partial charge is 0.447 e. The SMILES string of the molecule is CC1CN(CC2CCCN2C(=O)Nc2cccc(N3CCOC3=O)c2)CC(C)O1. The summed E-state index contributed by atoms with van der Waals surface area (Å²) in [7, 11) is 0. The van der Waals surface area contributed by atoms with Crippen LogP contribution in [0.25, 0.3) is 0 Å². The first-order valence-electron chi connectivity index (χ1n) is 10.5. The summed E-state index contributed by atoms with van der Waals surface area (Å²) in [6.45, 7) is 8.59. The Kier molecular flexibility index (Phi) is 5.91. The second-order valence-electron chi connectivity index (χ2n) is 8.21. The molecule has 3 aliphatic heterocycles. The molecule has 0 spiro atoms. The van der Waals surface area contributed by atoms with Crippen LogP contribution in [0, 0.1) is 0 Å².